The normalized spacial score (nSPS) is 14.8. The van der Waals surface area contributed by atoms with Gasteiger partial charge in [0.15, 0.2) is 0 Å². The van der Waals surface area contributed by atoms with E-state index in [0.29, 0.717) is 17.6 Å². The third-order valence-corrected chi connectivity index (χ3v) is 13.7. The van der Waals surface area contributed by atoms with Crippen molar-refractivity contribution >= 4 is 29.4 Å². The predicted octanol–water partition coefficient (Wildman–Crippen LogP) is 7.96. The zero-order valence-corrected chi connectivity index (χ0v) is 27.3. The van der Waals surface area contributed by atoms with Crippen LogP contribution in [0.5, 0.6) is 0 Å². The number of unbranched alkanes of at least 4 members (excludes halogenated alkanes) is 7. The summed E-state index contributed by atoms with van der Waals surface area (Å²) in [6.07, 6.45) is 22.6. The van der Waals surface area contributed by atoms with Crippen molar-refractivity contribution in [3.63, 3.8) is 0 Å². The molecule has 0 saturated carbocycles. The van der Waals surface area contributed by atoms with Crippen LogP contribution in [0.3, 0.4) is 0 Å². The van der Waals surface area contributed by atoms with Crippen LogP contribution in [-0.2, 0) is 19.1 Å². The Morgan fingerprint density at radius 1 is 0.767 bits per heavy atom. The Labute approximate surface area is 259 Å². The zero-order chi connectivity index (χ0) is 31.1. The van der Waals surface area contributed by atoms with Crippen LogP contribution in [0.2, 0.25) is 0 Å². The van der Waals surface area contributed by atoms with Crippen molar-refractivity contribution in [1.82, 2.24) is 0 Å². The van der Waals surface area contributed by atoms with Crippen molar-refractivity contribution in [1.29, 1.82) is 0 Å². The first-order valence-corrected chi connectivity index (χ1v) is 17.7. The fourth-order valence-electron chi connectivity index (χ4n) is 6.25. The number of benzene rings is 2. The number of carbonyl (C=O) groups is 2. The summed E-state index contributed by atoms with van der Waals surface area (Å²) in [6, 6.07) is 22.0. The number of ketones is 2. The Balaban J connectivity index is 1.53. The van der Waals surface area contributed by atoms with Gasteiger partial charge < -0.3 is 9.47 Å². The van der Waals surface area contributed by atoms with Crippen molar-refractivity contribution < 1.29 is 19.1 Å². The van der Waals surface area contributed by atoms with Crippen molar-refractivity contribution in [2.75, 3.05) is 20.4 Å². The fraction of sp³-hybridized carbons (Fsp3) is 0.368. The first-order chi connectivity index (χ1) is 21.0. The Morgan fingerprint density at radius 3 is 1.74 bits per heavy atom. The van der Waals surface area contributed by atoms with Crippen molar-refractivity contribution in [3.8, 4) is 12.3 Å². The van der Waals surface area contributed by atoms with Crippen LogP contribution < -0.4 is 10.6 Å². The molecule has 43 heavy (non-hydrogen) atoms. The Kier molecular flexibility index (Phi) is 13.7. The van der Waals surface area contributed by atoms with E-state index in [1.165, 1.54) is 62.2 Å². The fourth-order valence-corrected chi connectivity index (χ4v) is 11.3. The molecule has 2 aromatic rings. The number of hydrogen-bond acceptors (Lipinski definition) is 4. The predicted molar refractivity (Wildman–Crippen MR) is 182 cm³/mol. The minimum absolute atomic E-state index is 0.00664. The van der Waals surface area contributed by atoms with E-state index < -0.39 is 7.26 Å². The third-order valence-electron chi connectivity index (χ3n) is 8.52. The topological polar surface area (TPSA) is 52.6 Å². The summed E-state index contributed by atoms with van der Waals surface area (Å²) in [7, 11) is 0.546. The van der Waals surface area contributed by atoms with Gasteiger partial charge in [0.1, 0.15) is 0 Å². The molecule has 0 fully saturated rings. The standard InChI is InChI=1S/C38H47O4P/c1-6-8-23-31(7-2)43(32-24-17-15-18-25-32,33-26-19-16-20-27-33)29-22-14-12-10-9-11-13-21-28-34-30(3)35(39)37(41-4)38(42-5)36(34)40/h1,7-8,15-20,23-27,43H,9-14,21-22,28-29H2,2-5H3/b23-8-,31-7+. The summed E-state index contributed by atoms with van der Waals surface area (Å²) in [6.45, 7) is 3.84. The SMILES string of the molecule is C#C/C=C\C(=C/C)[PH](CCCCCCCCCCC1=C(C)C(=O)C(OC)=C(OC)C1=O)(c1ccccc1)c1ccccc1. The molecule has 0 N–H and O–H groups in total. The average Bonchev–Trinajstić information content (AvgIpc) is 3.04. The first-order valence-electron chi connectivity index (χ1n) is 15.5. The summed E-state index contributed by atoms with van der Waals surface area (Å²) in [4.78, 5) is 25.4. The van der Waals surface area contributed by atoms with Gasteiger partial charge >= 0.3 is 202 Å². The molecule has 0 atom stereocenters. The van der Waals surface area contributed by atoms with E-state index in [1.54, 1.807) is 6.92 Å². The number of methoxy groups -OCH3 is 2. The first kappa shape index (κ1) is 33.8. The Morgan fingerprint density at radius 2 is 1.26 bits per heavy atom. The van der Waals surface area contributed by atoms with Gasteiger partial charge in [-0.15, -0.1) is 0 Å². The molecule has 0 radical (unpaired) electrons. The van der Waals surface area contributed by atoms with Gasteiger partial charge in [0.05, 0.1) is 14.2 Å². The second-order valence-corrected chi connectivity index (χ2v) is 15.1. The summed E-state index contributed by atoms with van der Waals surface area (Å²) in [5, 5.41) is 4.20. The zero-order valence-electron chi connectivity index (χ0n) is 26.3. The van der Waals surface area contributed by atoms with E-state index >= 15 is 0 Å². The second-order valence-electron chi connectivity index (χ2n) is 11.0. The van der Waals surface area contributed by atoms with Crippen LogP contribution in [-0.4, -0.2) is 31.9 Å². The summed E-state index contributed by atoms with van der Waals surface area (Å²) in [5.41, 5.74) is 1.04. The number of hydrogen-bond donors (Lipinski definition) is 0. The van der Waals surface area contributed by atoms with Gasteiger partial charge in [-0.3, -0.25) is 9.59 Å². The van der Waals surface area contributed by atoms with Crippen molar-refractivity contribution in [3.05, 3.63) is 107 Å². The van der Waals surface area contributed by atoms with Gasteiger partial charge in [-0.25, -0.2) is 0 Å². The Hall–Kier alpha value is -3.67. The van der Waals surface area contributed by atoms with E-state index in [9.17, 15) is 9.59 Å². The molecule has 0 heterocycles. The molecule has 1 aliphatic rings. The molecule has 4 nitrogen and oxygen atoms in total. The van der Waals surface area contributed by atoms with Gasteiger partial charge in [0.25, 0.3) is 0 Å². The summed E-state index contributed by atoms with van der Waals surface area (Å²) >= 11 is 0. The molecule has 0 aliphatic heterocycles. The van der Waals surface area contributed by atoms with Crippen LogP contribution in [0.4, 0.5) is 0 Å². The number of rotatable bonds is 17. The van der Waals surface area contributed by atoms with E-state index in [0.717, 1.165) is 25.4 Å². The van der Waals surface area contributed by atoms with Crippen LogP contribution in [0.25, 0.3) is 0 Å². The maximum atomic E-state index is 12.8. The van der Waals surface area contributed by atoms with Crippen molar-refractivity contribution in [2.45, 2.75) is 71.6 Å². The van der Waals surface area contributed by atoms with Crippen LogP contribution >= 0.6 is 7.26 Å². The molecule has 1 aliphatic carbocycles. The van der Waals surface area contributed by atoms with Crippen molar-refractivity contribution in [2.24, 2.45) is 0 Å². The molecule has 0 bridgehead atoms. The number of allylic oxidation sites excluding steroid dienone is 6. The number of Topliss-reactive ketones (excluding diaryl/α,β-unsaturated/α-hetero) is 2. The second kappa shape index (κ2) is 17.4. The van der Waals surface area contributed by atoms with E-state index in [2.05, 4.69) is 85.7 Å². The van der Waals surface area contributed by atoms with E-state index in [-0.39, 0.29) is 23.1 Å². The molecule has 0 unspecified atom stereocenters. The summed E-state index contributed by atoms with van der Waals surface area (Å²) < 4.78 is 10.3. The number of terminal acetylenes is 1. The van der Waals surface area contributed by atoms with E-state index in [4.69, 9.17) is 15.9 Å². The van der Waals surface area contributed by atoms with Gasteiger partial charge in [-0.1, -0.05) is 0 Å². The van der Waals surface area contributed by atoms with E-state index in [1.807, 2.05) is 6.08 Å². The quantitative estimate of drug-likeness (QED) is 0.0610. The molecule has 0 saturated heterocycles. The van der Waals surface area contributed by atoms with Gasteiger partial charge in [-0.05, 0) is 6.92 Å². The summed E-state index contributed by atoms with van der Waals surface area (Å²) in [5.74, 6) is 2.25. The number of carbonyl (C=O) groups excluding carboxylic acids is 2. The van der Waals surface area contributed by atoms with Gasteiger partial charge in [0.2, 0.25) is 17.3 Å². The van der Waals surface area contributed by atoms with Crippen LogP contribution in [0.15, 0.2) is 107 Å². The Bertz CT molecular complexity index is 1350. The molecule has 228 valence electrons. The van der Waals surface area contributed by atoms with Gasteiger partial charge in [0, 0.05) is 0 Å². The minimum atomic E-state index is -2.25. The van der Waals surface area contributed by atoms with Crippen LogP contribution in [0, 0.1) is 12.3 Å². The third kappa shape index (κ3) is 8.25. The van der Waals surface area contributed by atoms with Gasteiger partial charge in [-0.2, -0.15) is 0 Å². The molecule has 0 spiro atoms. The molecule has 2 aromatic carbocycles. The molecular weight excluding hydrogens is 551 g/mol. The molecule has 3 rings (SSSR count). The number of ether oxygens (including phenoxy) is 2. The van der Waals surface area contributed by atoms with Crippen LogP contribution in [0.1, 0.15) is 71.6 Å². The monoisotopic (exact) mass is 598 g/mol. The maximum absolute atomic E-state index is 12.8. The molecule has 0 amide bonds. The average molecular weight is 599 g/mol. The molecular formula is C38H47O4P. The molecule has 0 aromatic heterocycles. The molecule has 5 heteroatoms.